The van der Waals surface area contributed by atoms with E-state index < -0.39 is 0 Å². The molecule has 1 atom stereocenters. The molecule has 1 aliphatic carbocycles. The zero-order valence-electron chi connectivity index (χ0n) is 24.5. The summed E-state index contributed by atoms with van der Waals surface area (Å²) in [5.74, 6) is 0.581. The molecule has 2 aromatic carbocycles. The van der Waals surface area contributed by atoms with Crippen molar-refractivity contribution < 1.29 is 14.3 Å². The Morgan fingerprint density at radius 3 is 2.49 bits per heavy atom. The first kappa shape index (κ1) is 30.5. The van der Waals surface area contributed by atoms with Gasteiger partial charge in [-0.1, -0.05) is 68.1 Å². The molecule has 4 rings (SSSR count). The summed E-state index contributed by atoms with van der Waals surface area (Å²) in [5, 5.41) is 3.73. The zero-order chi connectivity index (χ0) is 29.2. The molecule has 1 fully saturated rings. The number of benzene rings is 2. The van der Waals surface area contributed by atoms with Crippen LogP contribution in [-0.2, 0) is 17.9 Å². The first-order chi connectivity index (χ1) is 19.9. The number of para-hydroxylation sites is 2. The molecule has 3 aromatic rings. The van der Waals surface area contributed by atoms with Crippen molar-refractivity contribution in [1.29, 1.82) is 0 Å². The summed E-state index contributed by atoms with van der Waals surface area (Å²) < 4.78 is 7.86. The maximum Gasteiger partial charge on any atom is 0.322 e. The number of halogens is 1. The van der Waals surface area contributed by atoms with Gasteiger partial charge in [-0.2, -0.15) is 0 Å². The molecule has 1 unspecified atom stereocenters. The minimum atomic E-state index is -0.300. The minimum absolute atomic E-state index is 0.0133. The van der Waals surface area contributed by atoms with Crippen LogP contribution in [0.3, 0.4) is 0 Å². The van der Waals surface area contributed by atoms with Crippen molar-refractivity contribution in [3.8, 4) is 5.75 Å². The average molecular weight is 579 g/mol. The second-order valence-electron chi connectivity index (χ2n) is 10.8. The highest BCUT2D eigenvalue weighted by molar-refractivity contribution is 6.31. The monoisotopic (exact) mass is 578 g/mol. The van der Waals surface area contributed by atoms with Crippen LogP contribution in [0.25, 0.3) is 0 Å². The second kappa shape index (κ2) is 15.0. The molecule has 7 nitrogen and oxygen atoms in total. The summed E-state index contributed by atoms with van der Waals surface area (Å²) in [6, 6.07) is 19.1. The van der Waals surface area contributed by atoms with E-state index in [1.807, 2.05) is 86.5 Å². The molecule has 0 spiro atoms. The third-order valence-corrected chi connectivity index (χ3v) is 8.38. The van der Waals surface area contributed by atoms with Gasteiger partial charge in [-0.15, -0.1) is 0 Å². The summed E-state index contributed by atoms with van der Waals surface area (Å²) >= 11 is 6.46. The third kappa shape index (κ3) is 8.07. The molecule has 0 aliphatic heterocycles. The first-order valence-corrected chi connectivity index (χ1v) is 15.2. The SMILES string of the molecule is CCOc1ccccc1NC(=O)N(CC(=O)N(Cc1cccn1Cc1ccccc1Cl)C1CCCCC1)C(C)CC. The Balaban J connectivity index is 1.55. The lowest BCUT2D eigenvalue weighted by atomic mass is 9.94. The molecule has 0 radical (unpaired) electrons. The standard InChI is InChI=1S/C33H43ClN4O3/c1-4-25(3)37(33(40)35-30-19-11-12-20-31(30)41-5-2)24-32(39)38(27-15-7-6-8-16-27)23-28-17-13-21-36(28)22-26-14-9-10-18-29(26)34/h9-14,17-21,25,27H,4-8,15-16,22-24H2,1-3H3,(H,35,40). The Labute approximate surface area is 249 Å². The van der Waals surface area contributed by atoms with Crippen LogP contribution in [0.2, 0.25) is 5.02 Å². The number of nitrogens with one attached hydrogen (secondary N) is 1. The van der Waals surface area contributed by atoms with Gasteiger partial charge in [0.2, 0.25) is 5.91 Å². The number of carbonyl (C=O) groups is 2. The minimum Gasteiger partial charge on any atom is -0.492 e. The predicted molar refractivity (Wildman–Crippen MR) is 165 cm³/mol. The number of amides is 3. The molecule has 8 heteroatoms. The van der Waals surface area contributed by atoms with Gasteiger partial charge in [-0.05, 0) is 69.0 Å². The van der Waals surface area contributed by atoms with E-state index in [0.29, 0.717) is 31.1 Å². The summed E-state index contributed by atoms with van der Waals surface area (Å²) in [4.78, 5) is 31.3. The van der Waals surface area contributed by atoms with Crippen molar-refractivity contribution >= 4 is 29.2 Å². The lowest BCUT2D eigenvalue weighted by Gasteiger charge is -2.37. The smallest absolute Gasteiger partial charge is 0.322 e. The van der Waals surface area contributed by atoms with Gasteiger partial charge in [-0.3, -0.25) is 4.79 Å². The maximum atomic E-state index is 14.1. The molecule has 1 aliphatic rings. The number of aromatic nitrogens is 1. The summed E-state index contributed by atoms with van der Waals surface area (Å²) in [5.41, 5.74) is 2.68. The van der Waals surface area contributed by atoms with Crippen molar-refractivity contribution in [1.82, 2.24) is 14.4 Å². The summed E-state index contributed by atoms with van der Waals surface area (Å²) in [6.45, 7) is 7.56. The Bertz CT molecular complexity index is 1290. The van der Waals surface area contributed by atoms with E-state index in [1.165, 1.54) is 6.42 Å². The topological polar surface area (TPSA) is 66.8 Å². The van der Waals surface area contributed by atoms with Gasteiger partial charge in [0.15, 0.2) is 0 Å². The van der Waals surface area contributed by atoms with Crippen molar-refractivity contribution in [2.45, 2.75) is 84.5 Å². The first-order valence-electron chi connectivity index (χ1n) is 14.9. The van der Waals surface area contributed by atoms with Crippen molar-refractivity contribution in [2.24, 2.45) is 0 Å². The second-order valence-corrected chi connectivity index (χ2v) is 11.2. The van der Waals surface area contributed by atoms with Gasteiger partial charge in [-0.25, -0.2) is 4.79 Å². The van der Waals surface area contributed by atoms with E-state index in [-0.39, 0.29) is 30.6 Å². The Morgan fingerprint density at radius 1 is 1.02 bits per heavy atom. The number of nitrogens with zero attached hydrogens (tertiary/aromatic N) is 3. The number of carbonyl (C=O) groups excluding carboxylic acids is 2. The number of hydrogen-bond donors (Lipinski definition) is 1. The van der Waals surface area contributed by atoms with Gasteiger partial charge in [0.25, 0.3) is 0 Å². The highest BCUT2D eigenvalue weighted by Crippen LogP contribution is 2.27. The van der Waals surface area contributed by atoms with E-state index in [1.54, 1.807) is 4.90 Å². The summed E-state index contributed by atoms with van der Waals surface area (Å²) in [7, 11) is 0. The van der Waals surface area contributed by atoms with Crippen molar-refractivity contribution in [3.63, 3.8) is 0 Å². The van der Waals surface area contributed by atoms with Crippen molar-refractivity contribution in [3.05, 3.63) is 83.1 Å². The highest BCUT2D eigenvalue weighted by atomic mass is 35.5. The van der Waals surface area contributed by atoms with Gasteiger partial charge < -0.3 is 24.4 Å². The number of urea groups is 1. The maximum absolute atomic E-state index is 14.1. The molecule has 1 heterocycles. The predicted octanol–water partition coefficient (Wildman–Crippen LogP) is 7.58. The van der Waals surface area contributed by atoms with Crippen molar-refractivity contribution in [2.75, 3.05) is 18.5 Å². The van der Waals surface area contributed by atoms with E-state index in [0.717, 1.165) is 48.4 Å². The number of ether oxygens (including phenoxy) is 1. The van der Waals surface area contributed by atoms with E-state index in [9.17, 15) is 9.59 Å². The zero-order valence-corrected chi connectivity index (χ0v) is 25.3. The molecule has 1 N–H and O–H groups in total. The van der Waals surface area contributed by atoms with Gasteiger partial charge >= 0.3 is 6.03 Å². The number of anilines is 1. The summed E-state index contributed by atoms with van der Waals surface area (Å²) in [6.07, 6.45) is 8.15. The highest BCUT2D eigenvalue weighted by Gasteiger charge is 2.30. The van der Waals surface area contributed by atoms with Crippen LogP contribution in [0.1, 0.15) is 70.6 Å². The lowest BCUT2D eigenvalue weighted by Crippen LogP contribution is -2.50. The van der Waals surface area contributed by atoms with Crippen LogP contribution in [-0.4, -0.2) is 51.5 Å². The fourth-order valence-electron chi connectivity index (χ4n) is 5.47. The normalized spacial score (nSPS) is 14.3. The van der Waals surface area contributed by atoms with Crippen LogP contribution in [0.4, 0.5) is 10.5 Å². The molecular formula is C33H43ClN4O3. The third-order valence-electron chi connectivity index (χ3n) is 8.01. The molecule has 1 aromatic heterocycles. The largest absolute Gasteiger partial charge is 0.492 e. The number of rotatable bonds is 12. The fraction of sp³-hybridized carbons (Fsp3) is 0.455. The lowest BCUT2D eigenvalue weighted by molar-refractivity contribution is -0.136. The van der Waals surface area contributed by atoms with Crippen LogP contribution in [0, 0.1) is 0 Å². The van der Waals surface area contributed by atoms with E-state index in [2.05, 4.69) is 16.0 Å². The molecule has 0 saturated heterocycles. The number of hydrogen-bond acceptors (Lipinski definition) is 3. The van der Waals surface area contributed by atoms with Gasteiger partial charge in [0.1, 0.15) is 12.3 Å². The van der Waals surface area contributed by atoms with Crippen LogP contribution in [0.5, 0.6) is 5.75 Å². The Kier molecular flexibility index (Phi) is 11.1. The molecule has 0 bridgehead atoms. The van der Waals surface area contributed by atoms with Gasteiger partial charge in [0.05, 0.1) is 18.8 Å². The fourth-order valence-corrected chi connectivity index (χ4v) is 5.66. The molecular weight excluding hydrogens is 536 g/mol. The van der Waals surface area contributed by atoms with Crippen LogP contribution >= 0.6 is 11.6 Å². The quantitative estimate of drug-likeness (QED) is 0.241. The van der Waals surface area contributed by atoms with Gasteiger partial charge in [0, 0.05) is 35.5 Å². The molecule has 220 valence electrons. The molecule has 3 amide bonds. The average Bonchev–Trinajstić information content (AvgIpc) is 3.43. The molecule has 1 saturated carbocycles. The van der Waals surface area contributed by atoms with E-state index in [4.69, 9.17) is 16.3 Å². The Morgan fingerprint density at radius 2 is 1.76 bits per heavy atom. The van der Waals surface area contributed by atoms with E-state index >= 15 is 0 Å². The van der Waals surface area contributed by atoms with Crippen LogP contribution < -0.4 is 10.1 Å². The Hall–Kier alpha value is -3.45. The van der Waals surface area contributed by atoms with Crippen LogP contribution in [0.15, 0.2) is 66.9 Å². The molecule has 41 heavy (non-hydrogen) atoms.